The minimum absolute atomic E-state index is 0.120. The molecule has 1 unspecified atom stereocenters. The largest absolute Gasteiger partial charge is 0.481 e. The second-order valence-electron chi connectivity index (χ2n) is 4.61. The van der Waals surface area contributed by atoms with Gasteiger partial charge in [-0.05, 0) is 6.07 Å². The summed E-state index contributed by atoms with van der Waals surface area (Å²) in [6, 6.07) is 6.00. The lowest BCUT2D eigenvalue weighted by Gasteiger charge is -2.34. The molecule has 1 fully saturated rings. The third kappa shape index (κ3) is 3.46. The number of non-ortho nitro benzene ring substituents is 1. The van der Waals surface area contributed by atoms with Gasteiger partial charge < -0.3 is 14.7 Å². The Labute approximate surface area is 120 Å². The number of carboxylic acids is 1. The first-order chi connectivity index (χ1) is 10.0. The normalized spacial score (nSPS) is 18.0. The molecule has 0 amide bonds. The molecule has 1 saturated heterocycles. The molecule has 1 heterocycles. The number of nitro groups is 1. The number of rotatable bonds is 4. The van der Waals surface area contributed by atoms with E-state index in [1.165, 1.54) is 18.2 Å². The molecule has 0 aliphatic carbocycles. The van der Waals surface area contributed by atoms with E-state index >= 15 is 0 Å². The van der Waals surface area contributed by atoms with Crippen LogP contribution in [0.2, 0.25) is 0 Å². The molecule has 2 rings (SSSR count). The smallest absolute Gasteiger partial charge is 0.306 e. The van der Waals surface area contributed by atoms with Crippen molar-refractivity contribution in [1.29, 1.82) is 5.26 Å². The van der Waals surface area contributed by atoms with E-state index in [0.717, 1.165) is 0 Å². The number of carbonyl (C=O) groups is 1. The number of hydrogen-bond acceptors (Lipinski definition) is 6. The van der Waals surface area contributed by atoms with Gasteiger partial charge >= 0.3 is 5.97 Å². The highest BCUT2D eigenvalue weighted by atomic mass is 16.6. The lowest BCUT2D eigenvalue weighted by Crippen LogP contribution is -2.43. The zero-order valence-electron chi connectivity index (χ0n) is 11.1. The third-order valence-electron chi connectivity index (χ3n) is 3.19. The molecule has 0 radical (unpaired) electrons. The fourth-order valence-corrected chi connectivity index (χ4v) is 2.26. The van der Waals surface area contributed by atoms with Gasteiger partial charge in [0.25, 0.3) is 5.69 Å². The maximum absolute atomic E-state index is 10.7. The van der Waals surface area contributed by atoms with Crippen LogP contribution in [0, 0.1) is 21.4 Å². The first-order valence-corrected chi connectivity index (χ1v) is 6.28. The number of anilines is 1. The minimum atomic E-state index is -0.953. The van der Waals surface area contributed by atoms with Crippen molar-refractivity contribution in [2.75, 3.05) is 24.6 Å². The summed E-state index contributed by atoms with van der Waals surface area (Å²) in [4.78, 5) is 22.7. The lowest BCUT2D eigenvalue weighted by molar-refractivity contribution is -0.384. The Morgan fingerprint density at radius 2 is 2.38 bits per heavy atom. The number of ether oxygens (including phenoxy) is 1. The molecule has 1 aromatic carbocycles. The monoisotopic (exact) mass is 291 g/mol. The average Bonchev–Trinajstić information content (AvgIpc) is 2.46. The van der Waals surface area contributed by atoms with E-state index in [4.69, 9.17) is 15.1 Å². The van der Waals surface area contributed by atoms with E-state index in [0.29, 0.717) is 25.4 Å². The Bertz CT molecular complexity index is 610. The van der Waals surface area contributed by atoms with Crippen molar-refractivity contribution >= 4 is 17.3 Å². The van der Waals surface area contributed by atoms with Crippen LogP contribution in [0.15, 0.2) is 18.2 Å². The van der Waals surface area contributed by atoms with Gasteiger partial charge in [-0.2, -0.15) is 5.26 Å². The molecule has 1 aliphatic heterocycles. The number of benzene rings is 1. The van der Waals surface area contributed by atoms with Gasteiger partial charge in [-0.25, -0.2) is 0 Å². The van der Waals surface area contributed by atoms with Crippen molar-refractivity contribution in [2.45, 2.75) is 12.5 Å². The zero-order valence-corrected chi connectivity index (χ0v) is 11.1. The first kappa shape index (κ1) is 14.7. The molecule has 110 valence electrons. The summed E-state index contributed by atoms with van der Waals surface area (Å²) in [5, 5.41) is 28.7. The Hall–Kier alpha value is -2.66. The number of nitrogens with zero attached hydrogens (tertiary/aromatic N) is 3. The Kier molecular flexibility index (Phi) is 4.35. The van der Waals surface area contributed by atoms with Crippen molar-refractivity contribution in [3.63, 3.8) is 0 Å². The summed E-state index contributed by atoms with van der Waals surface area (Å²) < 4.78 is 5.36. The van der Waals surface area contributed by atoms with Crippen molar-refractivity contribution in [2.24, 2.45) is 0 Å². The molecule has 0 aromatic heterocycles. The lowest BCUT2D eigenvalue weighted by atomic mass is 10.1. The van der Waals surface area contributed by atoms with Crippen molar-refractivity contribution < 1.29 is 19.6 Å². The van der Waals surface area contributed by atoms with Crippen LogP contribution in [-0.4, -0.2) is 41.8 Å². The minimum Gasteiger partial charge on any atom is -0.481 e. The number of nitro benzene ring substituents is 1. The van der Waals surface area contributed by atoms with Gasteiger partial charge in [-0.15, -0.1) is 0 Å². The molecule has 1 N–H and O–H groups in total. The number of carboxylic acid groups (broad SMARTS) is 1. The van der Waals surface area contributed by atoms with Crippen LogP contribution in [0.4, 0.5) is 11.4 Å². The molecule has 1 aliphatic rings. The number of hydrogen-bond donors (Lipinski definition) is 1. The highest BCUT2D eigenvalue weighted by Crippen LogP contribution is 2.26. The molecular weight excluding hydrogens is 278 g/mol. The van der Waals surface area contributed by atoms with Gasteiger partial charge in [0.1, 0.15) is 6.07 Å². The van der Waals surface area contributed by atoms with Gasteiger partial charge in [-0.1, -0.05) is 0 Å². The summed E-state index contributed by atoms with van der Waals surface area (Å²) in [5.74, 6) is -0.953. The second-order valence-corrected chi connectivity index (χ2v) is 4.61. The zero-order chi connectivity index (χ0) is 15.4. The predicted molar refractivity (Wildman–Crippen MR) is 72.0 cm³/mol. The standard InChI is InChI=1S/C13H13N3O5/c14-7-9-5-10(16(19)20)1-2-12(9)15-3-4-21-11(8-15)6-13(17)18/h1-2,5,11H,3-4,6,8H2,(H,17,18). The molecule has 1 atom stereocenters. The van der Waals surface area contributed by atoms with Crippen LogP contribution in [-0.2, 0) is 9.53 Å². The Balaban J connectivity index is 2.23. The topological polar surface area (TPSA) is 117 Å². The molecule has 0 saturated carbocycles. The van der Waals surface area contributed by atoms with Crippen LogP contribution in [0.1, 0.15) is 12.0 Å². The van der Waals surface area contributed by atoms with E-state index in [2.05, 4.69) is 0 Å². The second kappa shape index (κ2) is 6.19. The van der Waals surface area contributed by atoms with E-state index in [9.17, 15) is 14.9 Å². The quantitative estimate of drug-likeness (QED) is 0.653. The Morgan fingerprint density at radius 3 is 3.00 bits per heavy atom. The van der Waals surface area contributed by atoms with Crippen molar-refractivity contribution in [3.8, 4) is 6.07 Å². The van der Waals surface area contributed by atoms with Gasteiger partial charge in [0.15, 0.2) is 0 Å². The Morgan fingerprint density at radius 1 is 1.62 bits per heavy atom. The summed E-state index contributed by atoms with van der Waals surface area (Å²) in [6.07, 6.45) is -0.580. The van der Waals surface area contributed by atoms with Gasteiger partial charge in [0.05, 0.1) is 35.3 Å². The maximum atomic E-state index is 10.7. The molecule has 0 spiro atoms. The van der Waals surface area contributed by atoms with Crippen LogP contribution in [0.3, 0.4) is 0 Å². The van der Waals surface area contributed by atoms with Crippen LogP contribution < -0.4 is 4.90 Å². The third-order valence-corrected chi connectivity index (χ3v) is 3.19. The summed E-state index contributed by atoms with van der Waals surface area (Å²) in [5.41, 5.74) is 0.604. The number of aliphatic carboxylic acids is 1. The van der Waals surface area contributed by atoms with Gasteiger partial charge in [0, 0.05) is 25.2 Å². The maximum Gasteiger partial charge on any atom is 0.306 e. The van der Waals surface area contributed by atoms with E-state index < -0.39 is 17.0 Å². The van der Waals surface area contributed by atoms with E-state index in [1.807, 2.05) is 11.0 Å². The van der Waals surface area contributed by atoms with E-state index in [-0.39, 0.29) is 17.7 Å². The SMILES string of the molecule is N#Cc1cc([N+](=O)[O-])ccc1N1CCOC(CC(=O)O)C1. The van der Waals surface area contributed by atoms with Crippen LogP contribution >= 0.6 is 0 Å². The van der Waals surface area contributed by atoms with Crippen molar-refractivity contribution in [1.82, 2.24) is 0 Å². The molecule has 0 bridgehead atoms. The summed E-state index contributed by atoms with van der Waals surface area (Å²) in [6.45, 7) is 1.18. The van der Waals surface area contributed by atoms with Crippen LogP contribution in [0.5, 0.6) is 0 Å². The number of morpholine rings is 1. The highest BCUT2D eigenvalue weighted by molar-refractivity contribution is 5.68. The first-order valence-electron chi connectivity index (χ1n) is 6.28. The highest BCUT2D eigenvalue weighted by Gasteiger charge is 2.25. The van der Waals surface area contributed by atoms with E-state index in [1.54, 1.807) is 0 Å². The summed E-state index contributed by atoms with van der Waals surface area (Å²) >= 11 is 0. The molecule has 1 aromatic rings. The van der Waals surface area contributed by atoms with Crippen molar-refractivity contribution in [3.05, 3.63) is 33.9 Å². The van der Waals surface area contributed by atoms with Crippen LogP contribution in [0.25, 0.3) is 0 Å². The molecule has 8 heteroatoms. The number of nitriles is 1. The average molecular weight is 291 g/mol. The van der Waals surface area contributed by atoms with Gasteiger partial charge in [-0.3, -0.25) is 14.9 Å². The molecule has 8 nitrogen and oxygen atoms in total. The molecular formula is C13H13N3O5. The predicted octanol–water partition coefficient (Wildman–Crippen LogP) is 1.15. The molecule has 21 heavy (non-hydrogen) atoms. The summed E-state index contributed by atoms with van der Waals surface area (Å²) in [7, 11) is 0. The fourth-order valence-electron chi connectivity index (χ4n) is 2.26. The van der Waals surface area contributed by atoms with Gasteiger partial charge in [0.2, 0.25) is 0 Å². The fraction of sp³-hybridized carbons (Fsp3) is 0.385.